The first-order chi connectivity index (χ1) is 5.12. The summed E-state index contributed by atoms with van der Waals surface area (Å²) >= 11 is 0. The van der Waals surface area contributed by atoms with Crippen molar-refractivity contribution in [1.82, 2.24) is 0 Å². The van der Waals surface area contributed by atoms with Crippen molar-refractivity contribution < 1.29 is 17.4 Å². The summed E-state index contributed by atoms with van der Waals surface area (Å²) in [5.41, 5.74) is 0. The van der Waals surface area contributed by atoms with E-state index >= 15 is 0 Å². The van der Waals surface area contributed by atoms with Crippen LogP contribution in [0.2, 0.25) is 0 Å². The van der Waals surface area contributed by atoms with Gasteiger partial charge in [-0.25, -0.2) is 0 Å². The molecule has 0 aromatic rings. The topological polar surface area (TPSA) is 60.4 Å². The summed E-state index contributed by atoms with van der Waals surface area (Å²) in [6.07, 6.45) is 2.32. The fraction of sp³-hybridized carbons (Fsp3) is 0.833. The Morgan fingerprint density at radius 2 is 1.92 bits per heavy atom. The van der Waals surface area contributed by atoms with E-state index < -0.39 is 10.1 Å². The molecule has 0 aliphatic heterocycles. The number of carbonyl (C=O) groups is 1. The Morgan fingerprint density at radius 1 is 1.33 bits per heavy atom. The van der Waals surface area contributed by atoms with Gasteiger partial charge in [-0.3, -0.25) is 4.79 Å². The molecular formula is C6H13NaO4S. The molecule has 6 heteroatoms. The van der Waals surface area contributed by atoms with Gasteiger partial charge in [0.05, 0.1) is 5.75 Å². The van der Waals surface area contributed by atoms with E-state index in [1.54, 1.807) is 0 Å². The molecule has 0 unspecified atom stereocenters. The van der Waals surface area contributed by atoms with Crippen LogP contribution in [-0.4, -0.2) is 50.2 Å². The molecule has 0 aromatic carbocycles. The van der Waals surface area contributed by atoms with E-state index in [4.69, 9.17) is 0 Å². The summed E-state index contributed by atoms with van der Waals surface area (Å²) in [7, 11) is -3.57. The van der Waals surface area contributed by atoms with Gasteiger partial charge < -0.3 is 4.18 Å². The number of rotatable bonds is 6. The molecule has 68 valence electrons. The van der Waals surface area contributed by atoms with E-state index in [1.807, 2.05) is 6.92 Å². The number of carbonyl (C=O) groups excluding carboxylic acids is 1. The number of hydrogen-bond donors (Lipinski definition) is 0. The van der Waals surface area contributed by atoms with Crippen LogP contribution in [-0.2, 0) is 19.1 Å². The molecular weight excluding hydrogens is 191 g/mol. The molecule has 0 saturated heterocycles. The Kier molecular flexibility index (Phi) is 9.99. The number of hydrogen-bond acceptors (Lipinski definition) is 4. The summed E-state index contributed by atoms with van der Waals surface area (Å²) in [6.45, 7) is 1.91. The zero-order chi connectivity index (χ0) is 8.74. The van der Waals surface area contributed by atoms with Gasteiger partial charge in [0.15, 0.2) is 0 Å². The maximum atomic E-state index is 10.7. The van der Waals surface area contributed by atoms with Crippen LogP contribution in [0.5, 0.6) is 0 Å². The quantitative estimate of drug-likeness (QED) is 0.265. The third-order valence-electron chi connectivity index (χ3n) is 1.18. The van der Waals surface area contributed by atoms with Gasteiger partial charge in [0.25, 0.3) is 0 Å². The summed E-state index contributed by atoms with van der Waals surface area (Å²) in [4.78, 5) is 9.65. The van der Waals surface area contributed by atoms with Gasteiger partial charge in [-0.05, 0) is 6.42 Å². The maximum absolute atomic E-state index is 10.7. The first-order valence-corrected chi connectivity index (χ1v) is 5.04. The average Bonchev–Trinajstić information content (AvgIpc) is 1.87. The molecule has 0 bridgehead atoms. The number of unbranched alkanes of at least 4 members (excludes halogenated alkanes) is 2. The fourth-order valence-electron chi connectivity index (χ4n) is 0.637. The minimum absolute atomic E-state index is 0. The molecule has 0 fully saturated rings. The molecule has 0 spiro atoms. The van der Waals surface area contributed by atoms with Gasteiger partial charge in [0, 0.05) is 0 Å². The average molecular weight is 204 g/mol. The summed E-state index contributed by atoms with van der Waals surface area (Å²) in [5.74, 6) is -0.0699. The van der Waals surface area contributed by atoms with E-state index in [0.717, 1.165) is 12.8 Å². The normalized spacial score (nSPS) is 10.1. The van der Waals surface area contributed by atoms with Crippen LogP contribution < -0.4 is 0 Å². The predicted octanol–water partition coefficient (Wildman–Crippen LogP) is 0.0309. The van der Waals surface area contributed by atoms with E-state index in [1.165, 1.54) is 0 Å². The van der Waals surface area contributed by atoms with Crippen LogP contribution in [0.15, 0.2) is 0 Å². The molecule has 0 aromatic heterocycles. The molecule has 0 aliphatic carbocycles. The summed E-state index contributed by atoms with van der Waals surface area (Å²) in [5, 5.41) is 0. The van der Waals surface area contributed by atoms with Crippen LogP contribution in [0, 0.1) is 0 Å². The van der Waals surface area contributed by atoms with Gasteiger partial charge in [-0.15, -0.1) is 0 Å². The molecule has 0 amide bonds. The van der Waals surface area contributed by atoms with Crippen molar-refractivity contribution in [2.75, 3.05) is 5.75 Å². The second kappa shape index (κ2) is 8.04. The van der Waals surface area contributed by atoms with E-state index in [2.05, 4.69) is 4.18 Å². The third kappa shape index (κ3) is 8.52. The van der Waals surface area contributed by atoms with E-state index in [-0.39, 0.29) is 41.8 Å². The summed E-state index contributed by atoms with van der Waals surface area (Å²) < 4.78 is 25.2. The van der Waals surface area contributed by atoms with Crippen molar-refractivity contribution in [3.63, 3.8) is 0 Å². The Hall–Kier alpha value is 0.420. The minimum atomic E-state index is -3.57. The van der Waals surface area contributed by atoms with Crippen molar-refractivity contribution in [3.8, 4) is 0 Å². The Labute approximate surface area is 95.1 Å². The molecule has 0 N–H and O–H groups in total. The van der Waals surface area contributed by atoms with Crippen molar-refractivity contribution >= 4 is 46.1 Å². The van der Waals surface area contributed by atoms with Crippen molar-refractivity contribution in [3.05, 3.63) is 0 Å². The summed E-state index contributed by atoms with van der Waals surface area (Å²) in [6, 6.07) is 0. The Morgan fingerprint density at radius 3 is 2.33 bits per heavy atom. The molecule has 0 atom stereocenters. The van der Waals surface area contributed by atoms with Gasteiger partial charge in [-0.2, -0.15) is 8.42 Å². The Bertz CT molecular complexity index is 200. The molecule has 0 heterocycles. The third-order valence-corrected chi connectivity index (χ3v) is 2.34. The van der Waals surface area contributed by atoms with Crippen LogP contribution in [0.3, 0.4) is 0 Å². The zero-order valence-corrected chi connectivity index (χ0v) is 7.26. The first-order valence-electron chi connectivity index (χ1n) is 3.47. The molecule has 4 nitrogen and oxygen atoms in total. The monoisotopic (exact) mass is 204 g/mol. The van der Waals surface area contributed by atoms with Crippen LogP contribution in [0.1, 0.15) is 26.2 Å². The van der Waals surface area contributed by atoms with E-state index in [0.29, 0.717) is 6.42 Å². The van der Waals surface area contributed by atoms with Gasteiger partial charge in [0.2, 0.25) is 0 Å². The van der Waals surface area contributed by atoms with E-state index in [9.17, 15) is 13.2 Å². The second-order valence-electron chi connectivity index (χ2n) is 2.16. The SMILES string of the molecule is CCCCCS(=O)(=O)OC=O.[NaH]. The van der Waals surface area contributed by atoms with Crippen LogP contribution in [0.25, 0.3) is 0 Å². The van der Waals surface area contributed by atoms with Gasteiger partial charge in [-0.1, -0.05) is 19.8 Å². The Balaban J connectivity index is 0. The van der Waals surface area contributed by atoms with Gasteiger partial charge in [0.1, 0.15) is 0 Å². The molecule has 0 radical (unpaired) electrons. The molecule has 0 saturated carbocycles. The predicted molar refractivity (Wildman–Crippen MR) is 47.6 cm³/mol. The van der Waals surface area contributed by atoms with Gasteiger partial charge >= 0.3 is 46.1 Å². The molecule has 12 heavy (non-hydrogen) atoms. The zero-order valence-electron chi connectivity index (χ0n) is 6.45. The first kappa shape index (κ1) is 14.9. The fourth-order valence-corrected chi connectivity index (χ4v) is 1.41. The van der Waals surface area contributed by atoms with Crippen molar-refractivity contribution in [1.29, 1.82) is 0 Å². The van der Waals surface area contributed by atoms with Crippen molar-refractivity contribution in [2.45, 2.75) is 26.2 Å². The second-order valence-corrected chi connectivity index (χ2v) is 3.88. The van der Waals surface area contributed by atoms with Crippen LogP contribution >= 0.6 is 0 Å². The van der Waals surface area contributed by atoms with Crippen LogP contribution in [0.4, 0.5) is 0 Å². The van der Waals surface area contributed by atoms with Crippen molar-refractivity contribution in [2.24, 2.45) is 0 Å². The molecule has 0 rings (SSSR count). The molecule has 0 aliphatic rings. The standard InChI is InChI=1S/C6H12O4S.Na.H/c1-2-3-4-5-11(8,9)10-6-7;;/h6H,2-5H2,1H3;;.